The van der Waals surface area contributed by atoms with E-state index in [9.17, 15) is 4.79 Å². The first-order valence-corrected chi connectivity index (χ1v) is 14.9. The van der Waals surface area contributed by atoms with Crippen molar-refractivity contribution in [3.63, 3.8) is 0 Å². The van der Waals surface area contributed by atoms with Crippen LogP contribution < -0.4 is 10.9 Å². The van der Waals surface area contributed by atoms with E-state index in [0.29, 0.717) is 33.4 Å². The molecule has 0 bridgehead atoms. The standard InChI is InChI=1S/C29H26N8O2S2/c1-18-25(32-17-36(18)22-7-11-40-16-22)23-13-20-14-31-28(34-26(20)37(27(23)38)29-30-8-12-41-29)33-21-5-3-19(4-6-21)24-15-35(2)9-10-39-24/h3-8,11-14,16-17,24H,9-10,15H2,1-2H3,(H,31,33,34). The molecule has 0 saturated carbocycles. The number of nitrogens with zero attached hydrogens (tertiary/aromatic N) is 7. The van der Waals surface area contributed by atoms with E-state index in [1.165, 1.54) is 11.3 Å². The molecule has 6 heterocycles. The summed E-state index contributed by atoms with van der Waals surface area (Å²) in [7, 11) is 2.11. The number of likely N-dealkylation sites (N-methyl/N-ethyl adjacent to an activating group) is 1. The van der Waals surface area contributed by atoms with Crippen LogP contribution in [-0.4, -0.2) is 60.7 Å². The highest BCUT2D eigenvalue weighted by Gasteiger charge is 2.21. The number of aromatic nitrogens is 6. The Hall–Kier alpha value is -4.23. The average Bonchev–Trinajstić information content (AvgIpc) is 3.76. The van der Waals surface area contributed by atoms with Crippen LogP contribution >= 0.6 is 22.7 Å². The maximum atomic E-state index is 14.0. The van der Waals surface area contributed by atoms with Gasteiger partial charge < -0.3 is 19.5 Å². The van der Waals surface area contributed by atoms with Gasteiger partial charge in [0.2, 0.25) is 5.95 Å². The fraction of sp³-hybridized carbons (Fsp3) is 0.207. The summed E-state index contributed by atoms with van der Waals surface area (Å²) in [6.07, 6.45) is 5.21. The average molecular weight is 583 g/mol. The number of hydrogen-bond donors (Lipinski definition) is 1. The molecule has 0 amide bonds. The van der Waals surface area contributed by atoms with Crippen LogP contribution in [0.2, 0.25) is 0 Å². The minimum absolute atomic E-state index is 0.0573. The van der Waals surface area contributed by atoms with Gasteiger partial charge >= 0.3 is 0 Å². The Kier molecular flexibility index (Phi) is 6.67. The number of pyridine rings is 1. The third-order valence-electron chi connectivity index (χ3n) is 7.21. The summed E-state index contributed by atoms with van der Waals surface area (Å²) in [5.74, 6) is 0.384. The number of rotatable bonds is 6. The Labute approximate surface area is 243 Å². The summed E-state index contributed by atoms with van der Waals surface area (Å²) in [4.78, 5) is 34.7. The van der Waals surface area contributed by atoms with Gasteiger partial charge in [-0.2, -0.15) is 16.3 Å². The molecule has 206 valence electrons. The van der Waals surface area contributed by atoms with Crippen molar-refractivity contribution in [3.8, 4) is 22.1 Å². The van der Waals surface area contributed by atoms with E-state index < -0.39 is 0 Å². The maximum absolute atomic E-state index is 14.0. The fourth-order valence-electron chi connectivity index (χ4n) is 5.05. The number of hydrogen-bond acceptors (Lipinski definition) is 10. The molecule has 1 aliphatic heterocycles. The summed E-state index contributed by atoms with van der Waals surface area (Å²) >= 11 is 2.98. The highest BCUT2D eigenvalue weighted by Crippen LogP contribution is 2.28. The second kappa shape index (κ2) is 10.6. The quantitative estimate of drug-likeness (QED) is 0.286. The number of fused-ring (bicyclic) bond motifs is 1. The predicted molar refractivity (Wildman–Crippen MR) is 162 cm³/mol. The van der Waals surface area contributed by atoms with Gasteiger partial charge in [-0.1, -0.05) is 12.1 Å². The molecule has 1 fully saturated rings. The second-order valence-corrected chi connectivity index (χ2v) is 11.5. The molecular weight excluding hydrogens is 557 g/mol. The zero-order chi connectivity index (χ0) is 27.9. The normalized spacial score (nSPS) is 15.9. The molecule has 0 radical (unpaired) electrons. The molecule has 1 saturated heterocycles. The van der Waals surface area contributed by atoms with Gasteiger partial charge in [0.05, 0.1) is 29.7 Å². The number of morpholine rings is 1. The minimum Gasteiger partial charge on any atom is -0.371 e. The largest absolute Gasteiger partial charge is 0.371 e. The van der Waals surface area contributed by atoms with Crippen LogP contribution in [0.25, 0.3) is 33.1 Å². The molecule has 1 aliphatic rings. The van der Waals surface area contributed by atoms with Gasteiger partial charge in [-0.25, -0.2) is 19.5 Å². The molecule has 12 heteroatoms. The number of anilines is 2. The lowest BCUT2D eigenvalue weighted by Crippen LogP contribution is -2.35. The smallest absolute Gasteiger partial charge is 0.268 e. The van der Waals surface area contributed by atoms with Gasteiger partial charge in [0.1, 0.15) is 6.33 Å². The third kappa shape index (κ3) is 4.84. The van der Waals surface area contributed by atoms with Gasteiger partial charge in [-0.3, -0.25) is 4.79 Å². The van der Waals surface area contributed by atoms with Crippen LogP contribution in [0.4, 0.5) is 11.6 Å². The van der Waals surface area contributed by atoms with Gasteiger partial charge in [0.25, 0.3) is 5.56 Å². The first-order valence-electron chi connectivity index (χ1n) is 13.1. The predicted octanol–water partition coefficient (Wildman–Crippen LogP) is 5.21. The van der Waals surface area contributed by atoms with Crippen molar-refractivity contribution in [3.05, 3.63) is 92.9 Å². The van der Waals surface area contributed by atoms with E-state index in [2.05, 4.69) is 44.3 Å². The van der Waals surface area contributed by atoms with Crippen LogP contribution in [0.5, 0.6) is 0 Å². The Morgan fingerprint density at radius 1 is 1.10 bits per heavy atom. The molecule has 1 aromatic carbocycles. The molecule has 0 aliphatic carbocycles. The first-order chi connectivity index (χ1) is 20.0. The molecule has 0 spiro atoms. The SMILES string of the molecule is Cc1c(-c2cc3cnc(Nc4ccc(C5CN(C)CCO5)cc4)nc3n(-c3nccs3)c2=O)ncn1-c1ccsc1. The summed E-state index contributed by atoms with van der Waals surface area (Å²) in [6.45, 7) is 4.50. The van der Waals surface area contributed by atoms with Crippen molar-refractivity contribution in [1.29, 1.82) is 0 Å². The van der Waals surface area contributed by atoms with Gasteiger partial charge in [-0.05, 0) is 49.2 Å². The lowest BCUT2D eigenvalue weighted by Gasteiger charge is -2.30. The highest BCUT2D eigenvalue weighted by molar-refractivity contribution is 7.12. The van der Waals surface area contributed by atoms with Crippen molar-refractivity contribution in [2.45, 2.75) is 13.0 Å². The highest BCUT2D eigenvalue weighted by atomic mass is 32.1. The summed E-state index contributed by atoms with van der Waals surface area (Å²) < 4.78 is 9.47. The summed E-state index contributed by atoms with van der Waals surface area (Å²) in [5, 5.41) is 10.4. The molecule has 1 unspecified atom stereocenters. The number of imidazole rings is 1. The van der Waals surface area contributed by atoms with Crippen molar-refractivity contribution >= 4 is 45.3 Å². The van der Waals surface area contributed by atoms with Crippen LogP contribution in [0, 0.1) is 6.92 Å². The van der Waals surface area contributed by atoms with Gasteiger partial charge in [0, 0.05) is 53.0 Å². The fourth-order valence-corrected chi connectivity index (χ4v) is 6.32. The van der Waals surface area contributed by atoms with Crippen LogP contribution in [0.15, 0.2) is 76.1 Å². The molecule has 1 N–H and O–H groups in total. The number of thiophene rings is 1. The van der Waals surface area contributed by atoms with Gasteiger partial charge in [0.15, 0.2) is 10.8 Å². The lowest BCUT2D eigenvalue weighted by molar-refractivity contribution is -0.0208. The van der Waals surface area contributed by atoms with Gasteiger partial charge in [-0.15, -0.1) is 11.3 Å². The first kappa shape index (κ1) is 25.7. The van der Waals surface area contributed by atoms with Crippen molar-refractivity contribution in [2.75, 3.05) is 32.1 Å². The molecule has 7 rings (SSSR count). The Bertz CT molecular complexity index is 1880. The molecule has 10 nitrogen and oxygen atoms in total. The zero-order valence-corrected chi connectivity index (χ0v) is 24.0. The molecule has 41 heavy (non-hydrogen) atoms. The lowest BCUT2D eigenvalue weighted by atomic mass is 10.1. The molecule has 5 aromatic heterocycles. The summed E-state index contributed by atoms with van der Waals surface area (Å²) in [5.41, 5.74) is 5.17. The van der Waals surface area contributed by atoms with E-state index in [4.69, 9.17) is 9.72 Å². The Morgan fingerprint density at radius 3 is 2.73 bits per heavy atom. The second-order valence-electron chi connectivity index (χ2n) is 9.88. The summed E-state index contributed by atoms with van der Waals surface area (Å²) in [6, 6.07) is 11.9. The van der Waals surface area contributed by atoms with E-state index in [1.54, 1.807) is 34.6 Å². The monoisotopic (exact) mass is 582 g/mol. The van der Waals surface area contributed by atoms with Crippen LogP contribution in [0.3, 0.4) is 0 Å². The van der Waals surface area contributed by atoms with Crippen molar-refractivity contribution in [2.24, 2.45) is 0 Å². The third-order valence-corrected chi connectivity index (χ3v) is 8.63. The Balaban J connectivity index is 1.26. The molecule has 1 atom stereocenters. The van der Waals surface area contributed by atoms with Crippen molar-refractivity contribution in [1.82, 2.24) is 34.0 Å². The number of ether oxygens (including phenoxy) is 1. The van der Waals surface area contributed by atoms with E-state index in [1.807, 2.05) is 51.9 Å². The van der Waals surface area contributed by atoms with Crippen LogP contribution in [-0.2, 0) is 4.74 Å². The van der Waals surface area contributed by atoms with E-state index >= 15 is 0 Å². The molecule has 6 aromatic rings. The zero-order valence-electron chi connectivity index (χ0n) is 22.4. The minimum atomic E-state index is -0.238. The van der Waals surface area contributed by atoms with Crippen LogP contribution in [0.1, 0.15) is 17.4 Å². The Morgan fingerprint density at radius 2 is 1.98 bits per heavy atom. The number of thiazole rings is 1. The van der Waals surface area contributed by atoms with E-state index in [-0.39, 0.29) is 11.7 Å². The topological polar surface area (TPSA) is 103 Å². The van der Waals surface area contributed by atoms with E-state index in [0.717, 1.165) is 42.3 Å². The molecular formula is C29H26N8O2S2. The van der Waals surface area contributed by atoms with Crippen molar-refractivity contribution < 1.29 is 4.74 Å². The maximum Gasteiger partial charge on any atom is 0.268 e. The number of benzene rings is 1. The number of nitrogens with one attached hydrogen (secondary N) is 1.